The predicted octanol–water partition coefficient (Wildman–Crippen LogP) is 1.26. The van der Waals surface area contributed by atoms with E-state index < -0.39 is 0 Å². The lowest BCUT2D eigenvalue weighted by molar-refractivity contribution is 0.0657. The third-order valence-electron chi connectivity index (χ3n) is 3.15. The topological polar surface area (TPSA) is 61.2 Å². The Hall–Kier alpha value is -0.980. The van der Waals surface area contributed by atoms with Crippen LogP contribution in [-0.4, -0.2) is 54.3 Å². The molecule has 6 heteroatoms. The summed E-state index contributed by atoms with van der Waals surface area (Å²) in [5, 5.41) is 7.78. The van der Waals surface area contributed by atoms with E-state index in [1.807, 2.05) is 4.68 Å². The molecule has 0 aliphatic carbocycles. The first-order valence-corrected chi connectivity index (χ1v) is 7.48. The van der Waals surface area contributed by atoms with Gasteiger partial charge in [0.05, 0.1) is 13.2 Å². The van der Waals surface area contributed by atoms with Crippen molar-refractivity contribution in [2.75, 3.05) is 33.5 Å². The van der Waals surface area contributed by atoms with Crippen LogP contribution in [0.5, 0.6) is 0 Å². The quantitative estimate of drug-likeness (QED) is 0.586. The highest BCUT2D eigenvalue weighted by Gasteiger charge is 2.12. The van der Waals surface area contributed by atoms with Crippen LogP contribution in [0.1, 0.15) is 32.5 Å². The molecule has 1 heterocycles. The van der Waals surface area contributed by atoms with E-state index in [0.717, 1.165) is 44.8 Å². The molecule has 1 aromatic rings. The van der Waals surface area contributed by atoms with Crippen LogP contribution < -0.4 is 5.32 Å². The van der Waals surface area contributed by atoms with E-state index in [2.05, 4.69) is 29.2 Å². The zero-order chi connectivity index (χ0) is 14.6. The summed E-state index contributed by atoms with van der Waals surface area (Å²) in [7, 11) is 1.69. The standard InChI is InChI=1S/C14H28N4O2/c1-4-7-15-13(6-8-20-10-9-19-3)11-14-16-12-17-18(14)5-2/h12-13,15H,4-11H2,1-3H3. The minimum Gasteiger partial charge on any atom is -0.382 e. The lowest BCUT2D eigenvalue weighted by atomic mass is 10.1. The minimum atomic E-state index is 0.381. The van der Waals surface area contributed by atoms with Crippen molar-refractivity contribution in [3.63, 3.8) is 0 Å². The van der Waals surface area contributed by atoms with Crippen molar-refractivity contribution >= 4 is 0 Å². The molecule has 1 atom stereocenters. The lowest BCUT2D eigenvalue weighted by Gasteiger charge is -2.18. The van der Waals surface area contributed by atoms with Gasteiger partial charge in [0.25, 0.3) is 0 Å². The van der Waals surface area contributed by atoms with Crippen LogP contribution in [0.2, 0.25) is 0 Å². The van der Waals surface area contributed by atoms with Gasteiger partial charge >= 0.3 is 0 Å². The van der Waals surface area contributed by atoms with Gasteiger partial charge in [-0.3, -0.25) is 4.68 Å². The van der Waals surface area contributed by atoms with Crippen molar-refractivity contribution in [1.82, 2.24) is 20.1 Å². The number of hydrogen-bond acceptors (Lipinski definition) is 5. The first kappa shape index (κ1) is 17.1. The Morgan fingerprint density at radius 1 is 1.30 bits per heavy atom. The van der Waals surface area contributed by atoms with Gasteiger partial charge in [-0.15, -0.1) is 0 Å². The van der Waals surface area contributed by atoms with Crippen LogP contribution in [0.4, 0.5) is 0 Å². The number of nitrogens with one attached hydrogen (secondary N) is 1. The fourth-order valence-electron chi connectivity index (χ4n) is 2.03. The molecule has 0 saturated carbocycles. The molecule has 0 bridgehead atoms. The average Bonchev–Trinajstić information content (AvgIpc) is 2.91. The van der Waals surface area contributed by atoms with Crippen molar-refractivity contribution in [1.29, 1.82) is 0 Å². The maximum atomic E-state index is 5.55. The van der Waals surface area contributed by atoms with Gasteiger partial charge in [-0.05, 0) is 26.3 Å². The summed E-state index contributed by atoms with van der Waals surface area (Å²) >= 11 is 0. The van der Waals surface area contributed by atoms with Gasteiger partial charge in [0, 0.05) is 32.7 Å². The summed E-state index contributed by atoms with van der Waals surface area (Å²) in [6, 6.07) is 0.381. The Kier molecular flexibility index (Phi) is 9.19. The second-order valence-electron chi connectivity index (χ2n) is 4.74. The minimum absolute atomic E-state index is 0.381. The summed E-state index contributed by atoms with van der Waals surface area (Å²) in [6.45, 7) is 8.18. The van der Waals surface area contributed by atoms with Crippen LogP contribution in [0.15, 0.2) is 6.33 Å². The van der Waals surface area contributed by atoms with Gasteiger partial charge in [-0.2, -0.15) is 5.10 Å². The van der Waals surface area contributed by atoms with Crippen molar-refractivity contribution in [2.45, 2.75) is 45.7 Å². The van der Waals surface area contributed by atoms with Gasteiger partial charge < -0.3 is 14.8 Å². The molecular weight excluding hydrogens is 256 g/mol. The molecule has 1 aromatic heterocycles. The molecule has 116 valence electrons. The van der Waals surface area contributed by atoms with Crippen molar-refractivity contribution in [2.24, 2.45) is 0 Å². The molecule has 0 radical (unpaired) electrons. The van der Waals surface area contributed by atoms with Crippen molar-refractivity contribution < 1.29 is 9.47 Å². The zero-order valence-electron chi connectivity index (χ0n) is 13.0. The van der Waals surface area contributed by atoms with E-state index in [-0.39, 0.29) is 0 Å². The summed E-state index contributed by atoms with van der Waals surface area (Å²) in [5.74, 6) is 1.04. The van der Waals surface area contributed by atoms with Gasteiger partial charge in [-0.1, -0.05) is 6.92 Å². The van der Waals surface area contributed by atoms with Crippen LogP contribution in [-0.2, 0) is 22.4 Å². The monoisotopic (exact) mass is 284 g/mol. The molecule has 6 nitrogen and oxygen atoms in total. The third-order valence-corrected chi connectivity index (χ3v) is 3.15. The Morgan fingerprint density at radius 3 is 2.85 bits per heavy atom. The van der Waals surface area contributed by atoms with Gasteiger partial charge in [0.1, 0.15) is 12.2 Å². The number of aromatic nitrogens is 3. The highest BCUT2D eigenvalue weighted by atomic mass is 16.5. The zero-order valence-corrected chi connectivity index (χ0v) is 13.0. The van der Waals surface area contributed by atoms with E-state index in [4.69, 9.17) is 9.47 Å². The average molecular weight is 284 g/mol. The molecule has 1 N–H and O–H groups in total. The summed E-state index contributed by atoms with van der Waals surface area (Å²) < 4.78 is 12.5. The smallest absolute Gasteiger partial charge is 0.138 e. The number of nitrogens with zero attached hydrogens (tertiary/aromatic N) is 3. The van der Waals surface area contributed by atoms with E-state index in [1.54, 1.807) is 13.4 Å². The fraction of sp³-hybridized carbons (Fsp3) is 0.857. The molecule has 0 spiro atoms. The van der Waals surface area contributed by atoms with Crippen LogP contribution in [0.3, 0.4) is 0 Å². The molecule has 0 aliphatic heterocycles. The molecular formula is C14H28N4O2. The molecule has 0 amide bonds. The van der Waals surface area contributed by atoms with Gasteiger partial charge in [-0.25, -0.2) is 4.98 Å². The Bertz CT molecular complexity index is 344. The highest BCUT2D eigenvalue weighted by molar-refractivity contribution is 4.89. The highest BCUT2D eigenvalue weighted by Crippen LogP contribution is 2.04. The molecule has 20 heavy (non-hydrogen) atoms. The predicted molar refractivity (Wildman–Crippen MR) is 78.8 cm³/mol. The number of aryl methyl sites for hydroxylation is 1. The maximum Gasteiger partial charge on any atom is 0.138 e. The fourth-order valence-corrected chi connectivity index (χ4v) is 2.03. The molecule has 0 aliphatic rings. The first-order chi connectivity index (χ1) is 9.81. The number of ether oxygens (including phenoxy) is 2. The largest absolute Gasteiger partial charge is 0.382 e. The van der Waals surface area contributed by atoms with E-state index in [1.165, 1.54) is 0 Å². The first-order valence-electron chi connectivity index (χ1n) is 7.48. The Labute approximate surface area is 121 Å². The SMILES string of the molecule is CCCNC(CCOCCOC)Cc1ncnn1CC. The van der Waals surface area contributed by atoms with Crippen LogP contribution >= 0.6 is 0 Å². The van der Waals surface area contributed by atoms with Gasteiger partial charge in [0.2, 0.25) is 0 Å². The van der Waals surface area contributed by atoms with E-state index in [9.17, 15) is 0 Å². The molecule has 0 aromatic carbocycles. The second-order valence-corrected chi connectivity index (χ2v) is 4.74. The molecule has 1 rings (SSSR count). The van der Waals surface area contributed by atoms with Crippen LogP contribution in [0, 0.1) is 0 Å². The number of rotatable bonds is 12. The molecule has 0 fully saturated rings. The summed E-state index contributed by atoms with van der Waals surface area (Å²) in [5.41, 5.74) is 0. The van der Waals surface area contributed by atoms with Crippen molar-refractivity contribution in [3.05, 3.63) is 12.2 Å². The number of methoxy groups -OCH3 is 1. The van der Waals surface area contributed by atoms with Crippen molar-refractivity contribution in [3.8, 4) is 0 Å². The van der Waals surface area contributed by atoms with E-state index >= 15 is 0 Å². The Balaban J connectivity index is 2.38. The molecule has 0 saturated heterocycles. The summed E-state index contributed by atoms with van der Waals surface area (Å²) in [4.78, 5) is 4.34. The van der Waals surface area contributed by atoms with E-state index in [0.29, 0.717) is 19.3 Å². The lowest BCUT2D eigenvalue weighted by Crippen LogP contribution is -2.34. The molecule has 1 unspecified atom stereocenters. The number of hydrogen-bond donors (Lipinski definition) is 1. The third kappa shape index (κ3) is 6.45. The van der Waals surface area contributed by atoms with Crippen LogP contribution in [0.25, 0.3) is 0 Å². The second kappa shape index (κ2) is 10.8. The normalized spacial score (nSPS) is 12.8. The maximum absolute atomic E-state index is 5.55. The summed E-state index contributed by atoms with van der Waals surface area (Å²) in [6.07, 6.45) is 4.62. The Morgan fingerprint density at radius 2 is 2.15 bits per heavy atom. The van der Waals surface area contributed by atoms with Gasteiger partial charge in [0.15, 0.2) is 0 Å².